The van der Waals surface area contributed by atoms with Crippen molar-refractivity contribution in [3.05, 3.63) is 59.9 Å². The van der Waals surface area contributed by atoms with Crippen LogP contribution in [0.2, 0.25) is 0 Å². The second-order valence-corrected chi connectivity index (χ2v) is 8.36. The number of carbonyl (C=O) groups is 2. The minimum Gasteiger partial charge on any atom is -0.355 e. The predicted octanol–water partition coefficient (Wildman–Crippen LogP) is 1.50. The number of sulfonamides is 1. The summed E-state index contributed by atoms with van der Waals surface area (Å²) in [7, 11) is -3.72. The molecule has 0 aliphatic rings. The molecule has 2 rings (SSSR count). The third-order valence-electron chi connectivity index (χ3n) is 3.60. The van der Waals surface area contributed by atoms with Gasteiger partial charge in [0.15, 0.2) is 0 Å². The zero-order valence-electron chi connectivity index (χ0n) is 14.9. The molecule has 2 aromatic rings. The molecule has 0 saturated carbocycles. The fourth-order valence-corrected chi connectivity index (χ4v) is 3.39. The van der Waals surface area contributed by atoms with Crippen LogP contribution < -0.4 is 15.8 Å². The number of nitrogens with two attached hydrogens (primary N) is 1. The smallest absolute Gasteiger partial charge is 0.238 e. The summed E-state index contributed by atoms with van der Waals surface area (Å²) in [6, 6.07) is 11.9. The summed E-state index contributed by atoms with van der Waals surface area (Å²) >= 11 is 1.12. The van der Waals surface area contributed by atoms with Crippen molar-refractivity contribution >= 4 is 39.3 Å². The highest BCUT2D eigenvalue weighted by molar-refractivity contribution is 8.00. The first kappa shape index (κ1) is 21.9. The standard InChI is InChI=1S/C18H20FN3O4S2/c19-15-3-1-2-4-16(15)22-18(24)12-27-11-17(23)21-10-9-13-5-7-14(8-6-13)28(20,25)26/h1-8H,9-12H2,(H,21,23)(H,22,24)(H2,20,25,26). The van der Waals surface area contributed by atoms with Gasteiger partial charge < -0.3 is 10.6 Å². The van der Waals surface area contributed by atoms with Crippen molar-refractivity contribution in [2.75, 3.05) is 23.4 Å². The van der Waals surface area contributed by atoms with E-state index in [-0.39, 0.29) is 28.0 Å². The van der Waals surface area contributed by atoms with Crippen LogP contribution >= 0.6 is 11.8 Å². The maximum absolute atomic E-state index is 13.4. The van der Waals surface area contributed by atoms with E-state index in [1.807, 2.05) is 0 Å². The van der Waals surface area contributed by atoms with Gasteiger partial charge >= 0.3 is 0 Å². The Bertz CT molecular complexity index is 934. The van der Waals surface area contributed by atoms with Crippen molar-refractivity contribution in [2.45, 2.75) is 11.3 Å². The first-order valence-electron chi connectivity index (χ1n) is 8.26. The molecule has 0 atom stereocenters. The van der Waals surface area contributed by atoms with Gasteiger partial charge in [-0.2, -0.15) is 0 Å². The molecule has 0 aliphatic heterocycles. The van der Waals surface area contributed by atoms with E-state index in [2.05, 4.69) is 10.6 Å². The molecule has 10 heteroatoms. The van der Waals surface area contributed by atoms with E-state index < -0.39 is 21.7 Å². The van der Waals surface area contributed by atoms with Crippen LogP contribution in [0.3, 0.4) is 0 Å². The van der Waals surface area contributed by atoms with E-state index in [1.165, 1.54) is 30.3 Å². The number of amides is 2. The number of carbonyl (C=O) groups excluding carboxylic acids is 2. The molecule has 0 saturated heterocycles. The Hall–Kier alpha value is -2.43. The van der Waals surface area contributed by atoms with E-state index in [0.29, 0.717) is 13.0 Å². The quantitative estimate of drug-likeness (QED) is 0.563. The minimum atomic E-state index is -3.72. The van der Waals surface area contributed by atoms with Crippen molar-refractivity contribution in [1.82, 2.24) is 5.32 Å². The lowest BCUT2D eigenvalue weighted by atomic mass is 10.1. The molecule has 0 heterocycles. The Morgan fingerprint density at radius 2 is 1.64 bits per heavy atom. The van der Waals surface area contributed by atoms with Crippen molar-refractivity contribution < 1.29 is 22.4 Å². The average molecular weight is 426 g/mol. The number of primary sulfonamides is 1. The number of thioether (sulfide) groups is 1. The first-order chi connectivity index (χ1) is 13.3. The molecule has 0 bridgehead atoms. The molecule has 0 spiro atoms. The van der Waals surface area contributed by atoms with Gasteiger partial charge in [0.05, 0.1) is 22.1 Å². The Balaban J connectivity index is 1.65. The van der Waals surface area contributed by atoms with Gasteiger partial charge in [0.25, 0.3) is 0 Å². The lowest BCUT2D eigenvalue weighted by Crippen LogP contribution is -2.28. The number of halogens is 1. The molecule has 28 heavy (non-hydrogen) atoms. The molecule has 4 N–H and O–H groups in total. The van der Waals surface area contributed by atoms with Crippen LogP contribution in [0.5, 0.6) is 0 Å². The first-order valence-corrected chi connectivity index (χ1v) is 11.0. The van der Waals surface area contributed by atoms with Gasteiger partial charge in [-0.1, -0.05) is 24.3 Å². The van der Waals surface area contributed by atoms with Crippen LogP contribution in [0.25, 0.3) is 0 Å². The van der Waals surface area contributed by atoms with E-state index in [1.54, 1.807) is 18.2 Å². The molecule has 2 amide bonds. The summed E-state index contributed by atoms with van der Waals surface area (Å²) in [4.78, 5) is 23.6. The highest BCUT2D eigenvalue weighted by Crippen LogP contribution is 2.13. The second kappa shape index (κ2) is 10.2. The number of anilines is 1. The topological polar surface area (TPSA) is 118 Å². The summed E-state index contributed by atoms with van der Waals surface area (Å²) < 4.78 is 35.8. The predicted molar refractivity (Wildman–Crippen MR) is 107 cm³/mol. The normalized spacial score (nSPS) is 11.1. The van der Waals surface area contributed by atoms with Crippen LogP contribution in [-0.2, 0) is 26.0 Å². The summed E-state index contributed by atoms with van der Waals surface area (Å²) in [5.41, 5.74) is 0.954. The van der Waals surface area contributed by atoms with Crippen LogP contribution in [0.15, 0.2) is 53.4 Å². The maximum atomic E-state index is 13.4. The molecule has 0 radical (unpaired) electrons. The van der Waals surface area contributed by atoms with E-state index in [9.17, 15) is 22.4 Å². The Morgan fingerprint density at radius 3 is 2.29 bits per heavy atom. The summed E-state index contributed by atoms with van der Waals surface area (Å²) in [5.74, 6) is -1.02. The Kier molecular flexibility index (Phi) is 7.97. The molecule has 2 aromatic carbocycles. The SMILES string of the molecule is NS(=O)(=O)c1ccc(CCNC(=O)CSCC(=O)Nc2ccccc2F)cc1. The molecule has 0 unspecified atom stereocenters. The number of para-hydroxylation sites is 1. The number of rotatable bonds is 9. The molecule has 0 fully saturated rings. The van der Waals surface area contributed by atoms with E-state index in [0.717, 1.165) is 17.3 Å². The highest BCUT2D eigenvalue weighted by Gasteiger charge is 2.09. The van der Waals surface area contributed by atoms with Gasteiger partial charge in [0.1, 0.15) is 5.82 Å². The van der Waals surface area contributed by atoms with Crippen molar-refractivity contribution in [3.63, 3.8) is 0 Å². The second-order valence-electron chi connectivity index (χ2n) is 5.81. The average Bonchev–Trinajstić information content (AvgIpc) is 2.63. The Morgan fingerprint density at radius 1 is 1.00 bits per heavy atom. The van der Waals surface area contributed by atoms with Crippen LogP contribution in [-0.4, -0.2) is 38.3 Å². The molecular weight excluding hydrogens is 405 g/mol. The van der Waals surface area contributed by atoms with E-state index in [4.69, 9.17) is 5.14 Å². The van der Waals surface area contributed by atoms with Crippen molar-refractivity contribution in [3.8, 4) is 0 Å². The lowest BCUT2D eigenvalue weighted by Gasteiger charge is -2.07. The van der Waals surface area contributed by atoms with Gasteiger partial charge in [-0.3, -0.25) is 9.59 Å². The third-order valence-corrected chi connectivity index (χ3v) is 5.46. The number of benzene rings is 2. The number of hydrogen-bond donors (Lipinski definition) is 3. The summed E-state index contributed by atoms with van der Waals surface area (Å²) in [6.45, 7) is 0.371. The van der Waals surface area contributed by atoms with Crippen molar-refractivity contribution in [1.29, 1.82) is 0 Å². The highest BCUT2D eigenvalue weighted by atomic mass is 32.2. The molecule has 0 aromatic heterocycles. The minimum absolute atomic E-state index is 0.0246. The summed E-state index contributed by atoms with van der Waals surface area (Å²) in [6.07, 6.45) is 0.523. The van der Waals surface area contributed by atoms with Gasteiger partial charge in [-0.25, -0.2) is 17.9 Å². The van der Waals surface area contributed by atoms with Gasteiger partial charge in [-0.05, 0) is 36.2 Å². The van der Waals surface area contributed by atoms with Gasteiger partial charge in [-0.15, -0.1) is 11.8 Å². The lowest BCUT2D eigenvalue weighted by molar-refractivity contribution is -0.118. The zero-order valence-corrected chi connectivity index (χ0v) is 16.5. The maximum Gasteiger partial charge on any atom is 0.238 e. The van der Waals surface area contributed by atoms with Gasteiger partial charge in [0, 0.05) is 6.54 Å². The number of nitrogens with one attached hydrogen (secondary N) is 2. The molecule has 0 aliphatic carbocycles. The zero-order chi connectivity index (χ0) is 20.6. The fraction of sp³-hybridized carbons (Fsp3) is 0.222. The summed E-state index contributed by atoms with van der Waals surface area (Å²) in [5, 5.41) is 10.2. The number of hydrogen-bond acceptors (Lipinski definition) is 5. The third kappa shape index (κ3) is 7.29. The largest absolute Gasteiger partial charge is 0.355 e. The van der Waals surface area contributed by atoms with Crippen molar-refractivity contribution in [2.24, 2.45) is 5.14 Å². The molecule has 150 valence electrons. The monoisotopic (exact) mass is 425 g/mol. The fourth-order valence-electron chi connectivity index (χ4n) is 2.23. The van der Waals surface area contributed by atoms with Gasteiger partial charge in [0.2, 0.25) is 21.8 Å². The van der Waals surface area contributed by atoms with Crippen LogP contribution in [0.1, 0.15) is 5.56 Å². The van der Waals surface area contributed by atoms with E-state index >= 15 is 0 Å². The Labute approximate surface area is 166 Å². The molecular formula is C18H20FN3O4S2. The van der Waals surface area contributed by atoms with Crippen LogP contribution in [0.4, 0.5) is 10.1 Å². The molecule has 7 nitrogen and oxygen atoms in total. The van der Waals surface area contributed by atoms with Crippen LogP contribution in [0, 0.1) is 5.82 Å².